The van der Waals surface area contributed by atoms with Gasteiger partial charge in [-0.05, 0) is 24.9 Å². The lowest BCUT2D eigenvalue weighted by Crippen LogP contribution is -2.17. The summed E-state index contributed by atoms with van der Waals surface area (Å²) < 4.78 is 13.4. The van der Waals surface area contributed by atoms with E-state index in [0.29, 0.717) is 0 Å². The minimum atomic E-state index is -0.662. The van der Waals surface area contributed by atoms with Crippen molar-refractivity contribution in [3.63, 3.8) is 0 Å². The zero-order chi connectivity index (χ0) is 14.4. The van der Waals surface area contributed by atoms with Crippen LogP contribution in [0.15, 0.2) is 12.1 Å². The second kappa shape index (κ2) is 7.55. The maximum Gasteiger partial charge on any atom is 0.294 e. The second-order valence-corrected chi connectivity index (χ2v) is 5.87. The van der Waals surface area contributed by atoms with Crippen LogP contribution in [0.1, 0.15) is 20.3 Å². The van der Waals surface area contributed by atoms with Gasteiger partial charge in [0, 0.05) is 18.2 Å². The summed E-state index contributed by atoms with van der Waals surface area (Å²) >= 11 is 7.35. The molecular weight excluding hydrogens is 291 g/mol. The highest BCUT2D eigenvalue weighted by atomic mass is 35.5. The van der Waals surface area contributed by atoms with Gasteiger partial charge < -0.3 is 5.32 Å². The van der Waals surface area contributed by atoms with Gasteiger partial charge in [-0.15, -0.1) is 0 Å². The van der Waals surface area contributed by atoms with Gasteiger partial charge in [-0.3, -0.25) is 10.1 Å². The largest absolute Gasteiger partial charge is 0.377 e. The summed E-state index contributed by atoms with van der Waals surface area (Å²) in [5.41, 5.74) is -0.0395. The molecule has 0 aliphatic heterocycles. The monoisotopic (exact) mass is 306 g/mol. The molecule has 0 saturated heterocycles. The average Bonchev–Trinajstić information content (AvgIpc) is 2.33. The molecule has 0 saturated carbocycles. The first-order valence-electron chi connectivity index (χ1n) is 5.93. The van der Waals surface area contributed by atoms with Crippen LogP contribution in [0.2, 0.25) is 5.02 Å². The Morgan fingerprint density at radius 2 is 2.26 bits per heavy atom. The number of nitrogens with one attached hydrogen (secondary N) is 1. The molecule has 4 nitrogen and oxygen atoms in total. The van der Waals surface area contributed by atoms with Crippen LogP contribution < -0.4 is 5.32 Å². The van der Waals surface area contributed by atoms with Crippen LogP contribution in [0, 0.1) is 15.9 Å². The summed E-state index contributed by atoms with van der Waals surface area (Å²) in [6.45, 7) is 3.98. The fourth-order valence-electron chi connectivity index (χ4n) is 1.55. The fourth-order valence-corrected chi connectivity index (χ4v) is 2.51. The van der Waals surface area contributed by atoms with E-state index >= 15 is 0 Å². The summed E-state index contributed by atoms with van der Waals surface area (Å²) in [5.74, 6) is 1.32. The van der Waals surface area contributed by atoms with Crippen molar-refractivity contribution >= 4 is 34.7 Å². The highest BCUT2D eigenvalue weighted by Gasteiger charge is 2.18. The van der Waals surface area contributed by atoms with Crippen molar-refractivity contribution in [3.05, 3.63) is 33.1 Å². The Kier molecular flexibility index (Phi) is 6.37. The normalized spacial score (nSPS) is 12.2. The third-order valence-electron chi connectivity index (χ3n) is 2.54. The van der Waals surface area contributed by atoms with Gasteiger partial charge in [-0.2, -0.15) is 11.8 Å². The van der Waals surface area contributed by atoms with Crippen LogP contribution in [0.25, 0.3) is 0 Å². The number of halogens is 2. The maximum atomic E-state index is 13.4. The van der Waals surface area contributed by atoms with E-state index in [1.54, 1.807) is 11.8 Å². The Bertz CT molecular complexity index is 460. The smallest absolute Gasteiger partial charge is 0.294 e. The third kappa shape index (κ3) is 4.87. The number of hydrogen-bond acceptors (Lipinski definition) is 4. The topological polar surface area (TPSA) is 55.2 Å². The molecule has 0 amide bonds. The molecule has 1 N–H and O–H groups in total. The molecule has 1 atom stereocenters. The second-order valence-electron chi connectivity index (χ2n) is 4.07. The Hall–Kier alpha value is -1.01. The van der Waals surface area contributed by atoms with E-state index in [0.717, 1.165) is 30.1 Å². The summed E-state index contributed by atoms with van der Waals surface area (Å²) in [6.07, 6.45) is 0.847. The van der Waals surface area contributed by atoms with Crippen molar-refractivity contribution in [3.8, 4) is 0 Å². The number of nitro groups is 1. The van der Waals surface area contributed by atoms with Gasteiger partial charge in [0.15, 0.2) is 0 Å². The minimum absolute atomic E-state index is 0.0262. The number of anilines is 1. The lowest BCUT2D eigenvalue weighted by atomic mass is 10.2. The molecule has 1 unspecified atom stereocenters. The number of hydrogen-bond donors (Lipinski definition) is 1. The number of rotatable bonds is 7. The Labute approximate surface area is 120 Å². The van der Waals surface area contributed by atoms with Crippen molar-refractivity contribution in [2.24, 2.45) is 0 Å². The van der Waals surface area contributed by atoms with Crippen LogP contribution in [-0.2, 0) is 0 Å². The van der Waals surface area contributed by atoms with Gasteiger partial charge in [0.1, 0.15) is 11.5 Å². The van der Waals surface area contributed by atoms with Crippen LogP contribution >= 0.6 is 23.4 Å². The van der Waals surface area contributed by atoms with E-state index in [-0.39, 0.29) is 22.4 Å². The molecule has 0 bridgehead atoms. The lowest BCUT2D eigenvalue weighted by Gasteiger charge is -2.15. The number of thioether (sulfide) groups is 1. The molecule has 7 heteroatoms. The van der Waals surface area contributed by atoms with Gasteiger partial charge in [0.2, 0.25) is 0 Å². The first-order chi connectivity index (χ1) is 8.95. The minimum Gasteiger partial charge on any atom is -0.377 e. The molecule has 1 rings (SSSR count). The van der Waals surface area contributed by atoms with E-state index in [1.807, 2.05) is 6.92 Å². The maximum absolute atomic E-state index is 13.4. The first-order valence-corrected chi connectivity index (χ1v) is 7.46. The van der Waals surface area contributed by atoms with Crippen molar-refractivity contribution in [2.45, 2.75) is 26.3 Å². The van der Waals surface area contributed by atoms with Crippen LogP contribution in [0.3, 0.4) is 0 Å². The van der Waals surface area contributed by atoms with Crippen molar-refractivity contribution in [1.29, 1.82) is 0 Å². The standard InChI is InChI=1S/C12H16ClFN2O2S/c1-3-19-5-4-8(2)15-11-7-10(14)9(13)6-12(11)16(17)18/h6-8,15H,3-5H2,1-2H3. The third-order valence-corrected chi connectivity index (χ3v) is 3.76. The van der Waals surface area contributed by atoms with Crippen molar-refractivity contribution < 1.29 is 9.31 Å². The molecule has 1 aromatic carbocycles. The molecule has 0 aliphatic carbocycles. The van der Waals surface area contributed by atoms with Gasteiger partial charge in [0.05, 0.1) is 9.95 Å². The highest BCUT2D eigenvalue weighted by Crippen LogP contribution is 2.31. The molecule has 19 heavy (non-hydrogen) atoms. The van der Waals surface area contributed by atoms with E-state index in [1.165, 1.54) is 0 Å². The highest BCUT2D eigenvalue weighted by molar-refractivity contribution is 7.99. The summed E-state index contributed by atoms with van der Waals surface area (Å²) in [7, 11) is 0. The number of nitro benzene ring substituents is 1. The molecule has 106 valence electrons. The fraction of sp³-hybridized carbons (Fsp3) is 0.500. The summed E-state index contributed by atoms with van der Waals surface area (Å²) in [4.78, 5) is 10.3. The predicted octanol–water partition coefficient (Wildman–Crippen LogP) is 4.33. The quantitative estimate of drug-likeness (QED) is 0.463. The first kappa shape index (κ1) is 16.0. The van der Waals surface area contributed by atoms with E-state index < -0.39 is 10.7 Å². The Balaban J connectivity index is 2.81. The molecule has 0 aromatic heterocycles. The van der Waals surface area contributed by atoms with Crippen molar-refractivity contribution in [2.75, 3.05) is 16.8 Å². The van der Waals surface area contributed by atoms with Gasteiger partial charge in [0.25, 0.3) is 5.69 Å². The van der Waals surface area contributed by atoms with E-state index in [9.17, 15) is 14.5 Å². The zero-order valence-electron chi connectivity index (χ0n) is 10.8. The average molecular weight is 307 g/mol. The van der Waals surface area contributed by atoms with Gasteiger partial charge in [-0.25, -0.2) is 4.39 Å². The van der Waals surface area contributed by atoms with Crippen LogP contribution in [-0.4, -0.2) is 22.5 Å². The number of benzene rings is 1. The van der Waals surface area contributed by atoms with Crippen molar-refractivity contribution in [1.82, 2.24) is 0 Å². The van der Waals surface area contributed by atoms with E-state index in [4.69, 9.17) is 11.6 Å². The molecule has 0 spiro atoms. The Morgan fingerprint density at radius 1 is 1.58 bits per heavy atom. The molecule has 0 radical (unpaired) electrons. The predicted molar refractivity (Wildman–Crippen MR) is 78.8 cm³/mol. The van der Waals surface area contributed by atoms with Crippen LogP contribution in [0.4, 0.5) is 15.8 Å². The van der Waals surface area contributed by atoms with Crippen LogP contribution in [0.5, 0.6) is 0 Å². The molecular formula is C12H16ClFN2O2S. The number of nitrogens with zero attached hydrogens (tertiary/aromatic N) is 1. The molecule has 0 aliphatic rings. The van der Waals surface area contributed by atoms with Gasteiger partial charge in [-0.1, -0.05) is 18.5 Å². The molecule has 1 aromatic rings. The summed E-state index contributed by atoms with van der Waals surface area (Å²) in [5, 5.41) is 13.6. The zero-order valence-corrected chi connectivity index (χ0v) is 12.4. The molecule has 0 fully saturated rings. The van der Waals surface area contributed by atoms with Gasteiger partial charge >= 0.3 is 0 Å². The van der Waals surface area contributed by atoms with E-state index in [2.05, 4.69) is 12.2 Å². The SMILES string of the molecule is CCSCCC(C)Nc1cc(F)c(Cl)cc1[N+](=O)[O-]. The summed E-state index contributed by atoms with van der Waals surface area (Å²) in [6, 6.07) is 2.13. The molecule has 0 heterocycles. The lowest BCUT2D eigenvalue weighted by molar-refractivity contribution is -0.384. The Morgan fingerprint density at radius 3 is 2.84 bits per heavy atom.